The van der Waals surface area contributed by atoms with Gasteiger partial charge in [0, 0.05) is 37.3 Å². The molecule has 10 nitrogen and oxygen atoms in total. The van der Waals surface area contributed by atoms with E-state index in [-0.39, 0.29) is 24.3 Å². The lowest BCUT2D eigenvalue weighted by molar-refractivity contribution is -0.122. The van der Waals surface area contributed by atoms with E-state index >= 15 is 0 Å². The number of carbonyl (C=O) groups excluding carboxylic acids is 2. The van der Waals surface area contributed by atoms with Crippen molar-refractivity contribution in [2.45, 2.75) is 26.1 Å². The number of nitrogens with zero attached hydrogens (tertiary/aromatic N) is 4. The topological polar surface area (TPSA) is 130 Å². The van der Waals surface area contributed by atoms with Gasteiger partial charge in [0.05, 0.1) is 0 Å². The van der Waals surface area contributed by atoms with Crippen LogP contribution >= 0.6 is 0 Å². The molecule has 0 radical (unpaired) electrons. The minimum atomic E-state index is -0.382. The van der Waals surface area contributed by atoms with E-state index in [9.17, 15) is 9.59 Å². The van der Waals surface area contributed by atoms with E-state index in [1.807, 2.05) is 30.3 Å². The number of hydrogen-bond acceptors (Lipinski definition) is 6. The highest BCUT2D eigenvalue weighted by molar-refractivity contribution is 6.03. The molecule has 1 aliphatic rings. The molecule has 3 heterocycles. The number of aromatic amines is 1. The first kappa shape index (κ1) is 17.9. The Balaban J connectivity index is 1.32. The molecule has 10 heteroatoms. The molecule has 0 aliphatic carbocycles. The highest BCUT2D eigenvalue weighted by Crippen LogP contribution is 2.16. The maximum Gasteiger partial charge on any atom is 0.278 e. The fraction of sp³-hybridized carbons (Fsp3) is 0.278. The SMILES string of the molecule is O=C(Cn1cnc(NC(=O)c2n[nH]c3c2CNCC3)n1)NCc1ccccc1. The zero-order valence-corrected chi connectivity index (χ0v) is 15.1. The molecule has 2 aromatic heterocycles. The van der Waals surface area contributed by atoms with Gasteiger partial charge in [-0.15, -0.1) is 5.10 Å². The minimum absolute atomic E-state index is 0.0113. The lowest BCUT2D eigenvalue weighted by Gasteiger charge is -2.12. The summed E-state index contributed by atoms with van der Waals surface area (Å²) in [7, 11) is 0. The maximum absolute atomic E-state index is 12.4. The average Bonchev–Trinajstić information content (AvgIpc) is 3.34. The van der Waals surface area contributed by atoms with Crippen molar-refractivity contribution >= 4 is 17.8 Å². The van der Waals surface area contributed by atoms with Crippen LogP contribution < -0.4 is 16.0 Å². The first-order valence-corrected chi connectivity index (χ1v) is 8.97. The zero-order chi connectivity index (χ0) is 19.3. The number of amides is 2. The Morgan fingerprint density at radius 2 is 2.07 bits per heavy atom. The van der Waals surface area contributed by atoms with E-state index in [4.69, 9.17) is 0 Å². The third-order valence-electron chi connectivity index (χ3n) is 4.42. The zero-order valence-electron chi connectivity index (χ0n) is 15.1. The largest absolute Gasteiger partial charge is 0.350 e. The number of fused-ring (bicyclic) bond motifs is 1. The molecule has 4 N–H and O–H groups in total. The van der Waals surface area contributed by atoms with Crippen LogP contribution in [0.1, 0.15) is 27.3 Å². The fourth-order valence-electron chi connectivity index (χ4n) is 3.00. The van der Waals surface area contributed by atoms with E-state index in [0.717, 1.165) is 29.8 Å². The highest BCUT2D eigenvalue weighted by atomic mass is 16.2. The van der Waals surface area contributed by atoms with Gasteiger partial charge in [-0.2, -0.15) is 5.10 Å². The third-order valence-corrected chi connectivity index (χ3v) is 4.42. The number of hydrogen-bond donors (Lipinski definition) is 4. The van der Waals surface area contributed by atoms with E-state index < -0.39 is 0 Å². The average molecular weight is 380 g/mol. The molecule has 0 bridgehead atoms. The Bertz CT molecular complexity index is 979. The predicted octanol–water partition coefficient (Wildman–Crippen LogP) is 0.216. The molecular formula is C18H20N8O2. The van der Waals surface area contributed by atoms with Crippen LogP contribution in [0.2, 0.25) is 0 Å². The van der Waals surface area contributed by atoms with Gasteiger partial charge in [-0.25, -0.2) is 9.67 Å². The second kappa shape index (κ2) is 8.01. The summed E-state index contributed by atoms with van der Waals surface area (Å²) in [6, 6.07) is 9.63. The highest BCUT2D eigenvalue weighted by Gasteiger charge is 2.22. The van der Waals surface area contributed by atoms with Crippen LogP contribution in [0, 0.1) is 0 Å². The Kier molecular flexibility index (Phi) is 5.11. The Morgan fingerprint density at radius 3 is 2.93 bits per heavy atom. The standard InChI is InChI=1S/C18H20N8O2/c27-15(20-8-12-4-2-1-3-5-12)10-26-11-21-18(25-26)22-17(28)16-13-9-19-7-6-14(13)23-24-16/h1-5,11,19H,6-10H2,(H,20,27)(H,23,24)(H,22,25,28). The summed E-state index contributed by atoms with van der Waals surface area (Å²) in [6.45, 7) is 1.90. The van der Waals surface area contributed by atoms with Crippen LogP contribution in [0.25, 0.3) is 0 Å². The Morgan fingerprint density at radius 1 is 1.21 bits per heavy atom. The van der Waals surface area contributed by atoms with Gasteiger partial charge in [0.15, 0.2) is 5.69 Å². The van der Waals surface area contributed by atoms with Crippen molar-refractivity contribution in [3.63, 3.8) is 0 Å². The smallest absolute Gasteiger partial charge is 0.278 e. The molecule has 0 unspecified atom stereocenters. The van der Waals surface area contributed by atoms with Gasteiger partial charge in [0.2, 0.25) is 11.9 Å². The number of H-pyrrole nitrogens is 1. The summed E-state index contributed by atoms with van der Waals surface area (Å²) in [5.41, 5.74) is 3.18. The van der Waals surface area contributed by atoms with E-state index in [0.29, 0.717) is 18.8 Å². The quantitative estimate of drug-likeness (QED) is 0.484. The lowest BCUT2D eigenvalue weighted by Crippen LogP contribution is -2.27. The van der Waals surface area contributed by atoms with Crippen molar-refractivity contribution in [1.82, 2.24) is 35.6 Å². The minimum Gasteiger partial charge on any atom is -0.350 e. The molecule has 0 saturated carbocycles. The van der Waals surface area contributed by atoms with Crippen LogP contribution in [0.5, 0.6) is 0 Å². The van der Waals surface area contributed by atoms with Crippen LogP contribution in [-0.4, -0.2) is 43.3 Å². The molecular weight excluding hydrogens is 360 g/mol. The van der Waals surface area contributed by atoms with E-state index in [2.05, 4.69) is 36.2 Å². The van der Waals surface area contributed by atoms with Gasteiger partial charge in [-0.05, 0) is 5.56 Å². The molecule has 28 heavy (non-hydrogen) atoms. The van der Waals surface area contributed by atoms with Crippen LogP contribution in [0.15, 0.2) is 36.7 Å². The molecule has 4 rings (SSSR count). The second-order valence-corrected chi connectivity index (χ2v) is 6.44. The maximum atomic E-state index is 12.4. The predicted molar refractivity (Wildman–Crippen MR) is 100 cm³/mol. The third kappa shape index (κ3) is 4.07. The van der Waals surface area contributed by atoms with Crippen molar-refractivity contribution in [3.8, 4) is 0 Å². The van der Waals surface area contributed by atoms with Gasteiger partial charge >= 0.3 is 0 Å². The molecule has 144 valence electrons. The number of anilines is 1. The number of benzene rings is 1. The second-order valence-electron chi connectivity index (χ2n) is 6.44. The Hall–Kier alpha value is -3.53. The van der Waals surface area contributed by atoms with Crippen molar-refractivity contribution in [2.75, 3.05) is 11.9 Å². The van der Waals surface area contributed by atoms with Crippen molar-refractivity contribution < 1.29 is 9.59 Å². The van der Waals surface area contributed by atoms with Crippen LogP contribution in [0.3, 0.4) is 0 Å². The first-order chi connectivity index (χ1) is 13.7. The molecule has 0 atom stereocenters. The number of nitrogens with one attached hydrogen (secondary N) is 4. The van der Waals surface area contributed by atoms with Gasteiger partial charge in [0.25, 0.3) is 5.91 Å². The number of carbonyl (C=O) groups is 2. The fourth-order valence-corrected chi connectivity index (χ4v) is 3.00. The molecule has 0 spiro atoms. The normalized spacial score (nSPS) is 13.0. The summed E-state index contributed by atoms with van der Waals surface area (Å²) in [5.74, 6) is -0.451. The van der Waals surface area contributed by atoms with Crippen molar-refractivity contribution in [2.24, 2.45) is 0 Å². The van der Waals surface area contributed by atoms with E-state index in [1.54, 1.807) is 0 Å². The van der Waals surface area contributed by atoms with Gasteiger partial charge < -0.3 is 10.6 Å². The Labute approximate surface area is 160 Å². The van der Waals surface area contributed by atoms with Gasteiger partial charge in [-0.1, -0.05) is 30.3 Å². The summed E-state index contributed by atoms with van der Waals surface area (Å²) >= 11 is 0. The summed E-state index contributed by atoms with van der Waals surface area (Å²) in [5, 5.41) is 19.8. The van der Waals surface area contributed by atoms with Gasteiger partial charge in [-0.3, -0.25) is 20.0 Å². The summed E-state index contributed by atoms with van der Waals surface area (Å²) in [6.07, 6.45) is 2.21. The molecule has 1 aliphatic heterocycles. The van der Waals surface area contributed by atoms with Crippen LogP contribution in [-0.2, 0) is 30.8 Å². The first-order valence-electron chi connectivity index (χ1n) is 8.97. The molecule has 3 aromatic rings. The molecule has 0 saturated heterocycles. The number of rotatable bonds is 6. The molecule has 0 fully saturated rings. The monoisotopic (exact) mass is 380 g/mol. The van der Waals surface area contributed by atoms with Crippen LogP contribution in [0.4, 0.5) is 5.95 Å². The van der Waals surface area contributed by atoms with Crippen molar-refractivity contribution in [3.05, 3.63) is 59.2 Å². The molecule has 2 amide bonds. The van der Waals surface area contributed by atoms with Crippen molar-refractivity contribution in [1.29, 1.82) is 0 Å². The summed E-state index contributed by atoms with van der Waals surface area (Å²) in [4.78, 5) is 28.5. The summed E-state index contributed by atoms with van der Waals surface area (Å²) < 4.78 is 1.37. The molecule has 1 aromatic carbocycles. The van der Waals surface area contributed by atoms with Gasteiger partial charge in [0.1, 0.15) is 12.9 Å². The number of aromatic nitrogens is 5. The lowest BCUT2D eigenvalue weighted by atomic mass is 10.1. The van der Waals surface area contributed by atoms with E-state index in [1.165, 1.54) is 11.0 Å².